The van der Waals surface area contributed by atoms with Crippen molar-refractivity contribution in [2.75, 3.05) is 31.4 Å². The van der Waals surface area contributed by atoms with E-state index >= 15 is 0 Å². The van der Waals surface area contributed by atoms with Crippen molar-refractivity contribution in [2.45, 2.75) is 72.4 Å². The number of hydrogen-bond donors (Lipinski definition) is 0. The molecule has 0 bridgehead atoms. The van der Waals surface area contributed by atoms with Gasteiger partial charge in [-0.05, 0) is 0 Å². The summed E-state index contributed by atoms with van der Waals surface area (Å²) in [6.45, 7) is 11.9. The van der Waals surface area contributed by atoms with Gasteiger partial charge >= 0.3 is 124 Å². The van der Waals surface area contributed by atoms with E-state index in [1.54, 1.807) is 18.5 Å². The summed E-state index contributed by atoms with van der Waals surface area (Å²) >= 11 is 0. The zero-order valence-electron chi connectivity index (χ0n) is 14.5. The molecule has 0 spiro atoms. The normalized spacial score (nSPS) is 13.8. The van der Waals surface area contributed by atoms with Crippen molar-refractivity contribution in [3.63, 3.8) is 0 Å². The fourth-order valence-corrected chi connectivity index (χ4v) is 17.3. The number of rotatable bonds is 12. The summed E-state index contributed by atoms with van der Waals surface area (Å²) in [5, 5.41) is 0. The second kappa shape index (κ2) is 10.4. The van der Waals surface area contributed by atoms with Gasteiger partial charge in [-0.2, -0.15) is 0 Å². The van der Waals surface area contributed by atoms with Gasteiger partial charge in [0, 0.05) is 0 Å². The molecule has 0 aliphatic heterocycles. The molecule has 3 heteroatoms. The topological polar surface area (TPSA) is 9.23 Å². The molecule has 0 amide bonds. The zero-order valence-corrected chi connectivity index (χ0v) is 16.5. The van der Waals surface area contributed by atoms with Gasteiger partial charge < -0.3 is 0 Å². The SMILES string of the molecule is CCCC[PH](CCCC)(CCCC)C[Si](C)(C)OC. The first-order chi connectivity index (χ1) is 8.95. The first kappa shape index (κ1) is 19.6. The van der Waals surface area contributed by atoms with Crippen LogP contribution in [0.25, 0.3) is 0 Å². The molecule has 0 unspecified atom stereocenters. The Balaban J connectivity index is 4.85. The molecule has 0 aromatic rings. The van der Waals surface area contributed by atoms with Crippen LogP contribution in [0.15, 0.2) is 0 Å². The Hall–Kier alpha value is 0.607. The standard InChI is InChI=1S/C16H39OPSi/c1-7-10-13-18(14-11-8-2,15-12-9-3)16-19(5,6)17-4/h18H,7-16H2,1-6H3. The van der Waals surface area contributed by atoms with Gasteiger partial charge in [-0.15, -0.1) is 0 Å². The van der Waals surface area contributed by atoms with E-state index in [1.807, 2.05) is 7.11 Å². The van der Waals surface area contributed by atoms with E-state index in [1.165, 1.54) is 44.3 Å². The molecule has 0 rings (SSSR count). The van der Waals surface area contributed by atoms with Crippen LogP contribution in [0.5, 0.6) is 0 Å². The average Bonchev–Trinajstić information content (AvgIpc) is 2.40. The summed E-state index contributed by atoms with van der Waals surface area (Å²) in [6.07, 6.45) is 13.1. The van der Waals surface area contributed by atoms with Crippen LogP contribution < -0.4 is 0 Å². The van der Waals surface area contributed by atoms with Crippen LogP contribution in [-0.2, 0) is 4.43 Å². The van der Waals surface area contributed by atoms with Crippen molar-refractivity contribution in [2.24, 2.45) is 0 Å². The Labute approximate surface area is 124 Å². The van der Waals surface area contributed by atoms with Gasteiger partial charge in [0.05, 0.1) is 0 Å². The van der Waals surface area contributed by atoms with Gasteiger partial charge in [-0.1, -0.05) is 0 Å². The summed E-state index contributed by atoms with van der Waals surface area (Å²) in [4.78, 5) is 0. The van der Waals surface area contributed by atoms with Crippen LogP contribution in [0.1, 0.15) is 59.3 Å². The van der Waals surface area contributed by atoms with E-state index in [9.17, 15) is 0 Å². The maximum atomic E-state index is 5.91. The maximum absolute atomic E-state index is 5.91. The third-order valence-corrected chi connectivity index (χ3v) is 16.3. The molecule has 0 N–H and O–H groups in total. The van der Waals surface area contributed by atoms with Gasteiger partial charge in [0.25, 0.3) is 0 Å². The predicted molar refractivity (Wildman–Crippen MR) is 97.0 cm³/mol. The summed E-state index contributed by atoms with van der Waals surface area (Å²) in [5.74, 6) is 1.50. The third kappa shape index (κ3) is 8.47. The summed E-state index contributed by atoms with van der Waals surface area (Å²) in [6, 6.07) is 0. The molecular formula is C16H39OPSi. The van der Waals surface area contributed by atoms with Gasteiger partial charge in [-0.25, -0.2) is 0 Å². The molecule has 0 heterocycles. The summed E-state index contributed by atoms with van der Waals surface area (Å²) in [7, 11) is -0.530. The first-order valence-corrected chi connectivity index (χ1v) is 14.4. The van der Waals surface area contributed by atoms with Crippen LogP contribution in [0, 0.1) is 0 Å². The van der Waals surface area contributed by atoms with Crippen molar-refractivity contribution in [3.05, 3.63) is 0 Å². The summed E-state index contributed by atoms with van der Waals surface area (Å²) < 4.78 is 5.91. The van der Waals surface area contributed by atoms with Gasteiger partial charge in [-0.3, -0.25) is 0 Å². The fraction of sp³-hybridized carbons (Fsp3) is 1.00. The Kier molecular flexibility index (Phi) is 10.7. The molecule has 1 nitrogen and oxygen atoms in total. The van der Waals surface area contributed by atoms with Gasteiger partial charge in [0.2, 0.25) is 0 Å². The Bertz CT molecular complexity index is 197. The first-order valence-electron chi connectivity index (χ1n) is 8.50. The molecular weight excluding hydrogens is 267 g/mol. The predicted octanol–water partition coefficient (Wildman–Crippen LogP) is 5.53. The number of hydrogen-bond acceptors (Lipinski definition) is 1. The van der Waals surface area contributed by atoms with Crippen LogP contribution >= 0.6 is 7.26 Å². The Morgan fingerprint density at radius 1 is 0.789 bits per heavy atom. The summed E-state index contributed by atoms with van der Waals surface area (Å²) in [5.41, 5.74) is 0. The van der Waals surface area contributed by atoms with Gasteiger partial charge in [0.15, 0.2) is 0 Å². The van der Waals surface area contributed by atoms with Crippen molar-refractivity contribution < 1.29 is 4.43 Å². The van der Waals surface area contributed by atoms with Crippen molar-refractivity contribution >= 4 is 15.6 Å². The second-order valence-electron chi connectivity index (χ2n) is 6.95. The molecule has 0 fully saturated rings. The molecule has 0 radical (unpaired) electrons. The molecule has 19 heavy (non-hydrogen) atoms. The molecule has 0 aromatic carbocycles. The molecule has 0 aromatic heterocycles. The van der Waals surface area contributed by atoms with Gasteiger partial charge in [0.1, 0.15) is 0 Å². The molecule has 118 valence electrons. The van der Waals surface area contributed by atoms with E-state index in [4.69, 9.17) is 4.43 Å². The van der Waals surface area contributed by atoms with Crippen LogP contribution in [0.3, 0.4) is 0 Å². The quantitative estimate of drug-likeness (QED) is 0.340. The Morgan fingerprint density at radius 2 is 1.16 bits per heavy atom. The van der Waals surface area contributed by atoms with E-state index in [0.29, 0.717) is 0 Å². The van der Waals surface area contributed by atoms with E-state index < -0.39 is 15.6 Å². The van der Waals surface area contributed by atoms with Crippen molar-refractivity contribution in [1.82, 2.24) is 0 Å². The molecule has 0 atom stereocenters. The monoisotopic (exact) mass is 306 g/mol. The van der Waals surface area contributed by atoms with E-state index in [0.717, 1.165) is 0 Å². The minimum atomic E-state index is -1.40. The van der Waals surface area contributed by atoms with Crippen molar-refractivity contribution in [3.8, 4) is 0 Å². The van der Waals surface area contributed by atoms with E-state index in [2.05, 4.69) is 33.9 Å². The van der Waals surface area contributed by atoms with Crippen LogP contribution in [0.4, 0.5) is 0 Å². The van der Waals surface area contributed by atoms with Crippen molar-refractivity contribution in [1.29, 1.82) is 0 Å². The fourth-order valence-electron chi connectivity index (χ4n) is 3.27. The van der Waals surface area contributed by atoms with E-state index in [-0.39, 0.29) is 0 Å². The third-order valence-electron chi connectivity index (χ3n) is 4.54. The average molecular weight is 307 g/mol. The Morgan fingerprint density at radius 3 is 1.42 bits per heavy atom. The zero-order chi connectivity index (χ0) is 14.8. The van der Waals surface area contributed by atoms with Crippen LogP contribution in [0.2, 0.25) is 13.1 Å². The van der Waals surface area contributed by atoms with Crippen LogP contribution in [-0.4, -0.2) is 39.7 Å². The number of unbranched alkanes of at least 4 members (excludes halogenated alkanes) is 3. The minimum absolute atomic E-state index is 1.08. The second-order valence-corrected chi connectivity index (χ2v) is 16.8. The molecule has 0 aliphatic rings. The molecule has 0 aliphatic carbocycles. The molecule has 0 saturated heterocycles. The molecule has 0 saturated carbocycles.